The maximum atomic E-state index is 12.1. The second kappa shape index (κ2) is 9.94. The summed E-state index contributed by atoms with van der Waals surface area (Å²) in [6.45, 7) is 1.13. The van der Waals surface area contributed by atoms with E-state index in [2.05, 4.69) is 33.0 Å². The molecule has 0 atom stereocenters. The lowest BCUT2D eigenvalue weighted by atomic mass is 10.2. The Balaban J connectivity index is 1.42. The van der Waals surface area contributed by atoms with Crippen LogP contribution < -0.4 is 15.4 Å². The number of carbonyl (C=O) groups excluding carboxylic acids is 1. The van der Waals surface area contributed by atoms with Crippen molar-refractivity contribution in [3.63, 3.8) is 0 Å². The summed E-state index contributed by atoms with van der Waals surface area (Å²) in [4.78, 5) is 12.1. The molecule has 3 rings (SSSR count). The van der Waals surface area contributed by atoms with E-state index in [4.69, 9.17) is 4.74 Å². The minimum Gasteiger partial charge on any atom is -0.496 e. The molecule has 1 heterocycles. The number of hydrogen-bond donors (Lipinski definition) is 2. The predicted molar refractivity (Wildman–Crippen MR) is 109 cm³/mol. The van der Waals surface area contributed by atoms with Gasteiger partial charge in [0.05, 0.1) is 12.9 Å². The highest BCUT2D eigenvalue weighted by atomic mass is 32.2. The van der Waals surface area contributed by atoms with E-state index in [9.17, 15) is 4.79 Å². The molecule has 0 aliphatic rings. The van der Waals surface area contributed by atoms with Crippen LogP contribution in [0.15, 0.2) is 58.9 Å². The molecular weight excluding hydrogens is 380 g/mol. The number of thioether (sulfide) groups is 1. The number of hydrogen-bond acceptors (Lipinski definition) is 7. The molecular formula is C19H20N4O2S2. The molecule has 0 saturated heterocycles. The zero-order valence-electron chi connectivity index (χ0n) is 14.8. The van der Waals surface area contributed by atoms with Gasteiger partial charge in [-0.2, -0.15) is 0 Å². The molecule has 27 heavy (non-hydrogen) atoms. The van der Waals surface area contributed by atoms with E-state index in [1.807, 2.05) is 42.5 Å². The number of nitrogens with one attached hydrogen (secondary N) is 2. The Hall–Kier alpha value is -2.58. The Bertz CT molecular complexity index is 871. The van der Waals surface area contributed by atoms with Crippen molar-refractivity contribution in [1.82, 2.24) is 15.5 Å². The minimum absolute atomic E-state index is 0.0556. The van der Waals surface area contributed by atoms with Gasteiger partial charge < -0.3 is 15.4 Å². The number of ether oxygens (including phenoxy) is 1. The quantitative estimate of drug-likeness (QED) is 0.535. The first kappa shape index (κ1) is 19.2. The third kappa shape index (κ3) is 5.97. The van der Waals surface area contributed by atoms with E-state index < -0.39 is 0 Å². The average Bonchev–Trinajstić information content (AvgIpc) is 3.18. The maximum absolute atomic E-state index is 12.1. The van der Waals surface area contributed by atoms with E-state index in [1.54, 1.807) is 7.11 Å². The molecule has 3 aromatic rings. The van der Waals surface area contributed by atoms with Gasteiger partial charge in [-0.15, -0.1) is 10.2 Å². The lowest BCUT2D eigenvalue weighted by molar-refractivity contribution is -0.118. The maximum Gasteiger partial charge on any atom is 0.230 e. The van der Waals surface area contributed by atoms with Crippen molar-refractivity contribution < 1.29 is 9.53 Å². The molecule has 0 radical (unpaired) electrons. The Morgan fingerprint density at radius 2 is 1.85 bits per heavy atom. The Labute approximate surface area is 166 Å². The zero-order valence-corrected chi connectivity index (χ0v) is 16.5. The number of nitrogens with zero attached hydrogens (tertiary/aromatic N) is 2. The molecule has 0 fully saturated rings. The van der Waals surface area contributed by atoms with Crippen LogP contribution in [0.3, 0.4) is 0 Å². The standard InChI is InChI=1S/C19H20N4O2S2/c1-25-16-10-6-5-9-15(16)12-20-17(24)13-26-19-23-22-18(27-19)21-11-14-7-3-2-4-8-14/h2-10H,11-13H2,1H3,(H,20,24)(H,21,22). The van der Waals surface area contributed by atoms with Crippen LogP contribution in [-0.4, -0.2) is 29.0 Å². The smallest absolute Gasteiger partial charge is 0.230 e. The van der Waals surface area contributed by atoms with Crippen LogP contribution in [0, 0.1) is 0 Å². The van der Waals surface area contributed by atoms with E-state index in [0.29, 0.717) is 18.8 Å². The van der Waals surface area contributed by atoms with Gasteiger partial charge in [0.15, 0.2) is 4.34 Å². The predicted octanol–water partition coefficient (Wildman–Crippen LogP) is 3.57. The molecule has 0 aliphatic heterocycles. The molecule has 1 amide bonds. The fraction of sp³-hybridized carbons (Fsp3) is 0.211. The normalized spacial score (nSPS) is 10.4. The van der Waals surface area contributed by atoms with Crippen molar-refractivity contribution in [2.45, 2.75) is 17.4 Å². The highest BCUT2D eigenvalue weighted by molar-refractivity contribution is 8.01. The van der Waals surface area contributed by atoms with Crippen LogP contribution >= 0.6 is 23.1 Å². The summed E-state index contributed by atoms with van der Waals surface area (Å²) < 4.78 is 6.05. The highest BCUT2D eigenvalue weighted by Crippen LogP contribution is 2.25. The van der Waals surface area contributed by atoms with Crippen molar-refractivity contribution >= 4 is 34.1 Å². The molecule has 6 nitrogen and oxygen atoms in total. The second-order valence-corrected chi connectivity index (χ2v) is 7.79. The molecule has 0 bridgehead atoms. The first-order valence-corrected chi connectivity index (χ1v) is 10.2. The van der Waals surface area contributed by atoms with Crippen LogP contribution in [0.25, 0.3) is 0 Å². The van der Waals surface area contributed by atoms with Crippen molar-refractivity contribution in [2.75, 3.05) is 18.2 Å². The van der Waals surface area contributed by atoms with Crippen LogP contribution in [0.2, 0.25) is 0 Å². The zero-order chi connectivity index (χ0) is 18.9. The molecule has 0 aliphatic carbocycles. The second-order valence-electron chi connectivity index (χ2n) is 5.59. The Kier molecular flexibility index (Phi) is 7.06. The summed E-state index contributed by atoms with van der Waals surface area (Å²) in [5, 5.41) is 15.1. The highest BCUT2D eigenvalue weighted by Gasteiger charge is 2.09. The third-order valence-corrected chi connectivity index (χ3v) is 5.70. The average molecular weight is 401 g/mol. The van der Waals surface area contributed by atoms with E-state index in [1.165, 1.54) is 28.7 Å². The minimum atomic E-state index is -0.0556. The third-order valence-electron chi connectivity index (χ3n) is 3.69. The number of rotatable bonds is 9. The van der Waals surface area contributed by atoms with Gasteiger partial charge in [-0.25, -0.2) is 0 Å². The van der Waals surface area contributed by atoms with Crippen molar-refractivity contribution in [3.05, 3.63) is 65.7 Å². The lowest BCUT2D eigenvalue weighted by Crippen LogP contribution is -2.24. The molecule has 8 heteroatoms. The number of amides is 1. The number of carbonyl (C=O) groups is 1. The van der Waals surface area contributed by atoms with Crippen molar-refractivity contribution in [1.29, 1.82) is 0 Å². The largest absolute Gasteiger partial charge is 0.496 e. The molecule has 2 aromatic carbocycles. The van der Waals surface area contributed by atoms with Gasteiger partial charge in [-0.05, 0) is 11.6 Å². The number of benzene rings is 2. The first-order chi connectivity index (χ1) is 13.2. The first-order valence-electron chi connectivity index (χ1n) is 8.37. The molecule has 0 unspecified atom stereocenters. The molecule has 0 saturated carbocycles. The monoisotopic (exact) mass is 400 g/mol. The number of aromatic nitrogens is 2. The SMILES string of the molecule is COc1ccccc1CNC(=O)CSc1nnc(NCc2ccccc2)s1. The fourth-order valence-electron chi connectivity index (χ4n) is 2.33. The van der Waals surface area contributed by atoms with Gasteiger partial charge in [0.25, 0.3) is 0 Å². The summed E-state index contributed by atoms with van der Waals surface area (Å²) in [5.74, 6) is 1.01. The van der Waals surface area contributed by atoms with Gasteiger partial charge in [0.2, 0.25) is 11.0 Å². The Morgan fingerprint density at radius 3 is 2.67 bits per heavy atom. The number of methoxy groups -OCH3 is 1. The topological polar surface area (TPSA) is 76.1 Å². The van der Waals surface area contributed by atoms with Gasteiger partial charge in [-0.3, -0.25) is 4.79 Å². The van der Waals surface area contributed by atoms with Crippen molar-refractivity contribution in [2.24, 2.45) is 0 Å². The molecule has 1 aromatic heterocycles. The van der Waals surface area contributed by atoms with E-state index >= 15 is 0 Å². The number of anilines is 1. The summed E-state index contributed by atoms with van der Waals surface area (Å²) in [6, 6.07) is 17.7. The summed E-state index contributed by atoms with van der Waals surface area (Å²) in [6.07, 6.45) is 0. The van der Waals surface area contributed by atoms with E-state index in [0.717, 1.165) is 20.8 Å². The van der Waals surface area contributed by atoms with Crippen LogP contribution in [0.4, 0.5) is 5.13 Å². The van der Waals surface area contributed by atoms with Gasteiger partial charge in [0.1, 0.15) is 5.75 Å². The molecule has 0 spiro atoms. The van der Waals surface area contributed by atoms with Gasteiger partial charge in [0, 0.05) is 18.7 Å². The fourth-order valence-corrected chi connectivity index (χ4v) is 3.91. The summed E-state index contributed by atoms with van der Waals surface area (Å²) >= 11 is 2.82. The van der Waals surface area contributed by atoms with Gasteiger partial charge >= 0.3 is 0 Å². The summed E-state index contributed by atoms with van der Waals surface area (Å²) in [5.41, 5.74) is 2.12. The van der Waals surface area contributed by atoms with E-state index in [-0.39, 0.29) is 5.91 Å². The Morgan fingerprint density at radius 1 is 1.07 bits per heavy atom. The summed E-state index contributed by atoms with van der Waals surface area (Å²) in [7, 11) is 1.62. The van der Waals surface area contributed by atoms with Crippen LogP contribution in [-0.2, 0) is 17.9 Å². The van der Waals surface area contributed by atoms with Crippen LogP contribution in [0.1, 0.15) is 11.1 Å². The number of para-hydroxylation sites is 1. The van der Waals surface area contributed by atoms with Gasteiger partial charge in [-0.1, -0.05) is 71.6 Å². The van der Waals surface area contributed by atoms with Crippen molar-refractivity contribution in [3.8, 4) is 5.75 Å². The lowest BCUT2D eigenvalue weighted by Gasteiger charge is -2.09. The molecule has 2 N–H and O–H groups in total. The van der Waals surface area contributed by atoms with Crippen LogP contribution in [0.5, 0.6) is 5.75 Å². The molecule has 140 valence electrons.